The van der Waals surface area contributed by atoms with Gasteiger partial charge in [0.2, 0.25) is 0 Å². The number of carbonyl (C=O) groups excluding carboxylic acids is 1. The second-order valence-electron chi connectivity index (χ2n) is 5.19. The lowest BCUT2D eigenvalue weighted by Gasteiger charge is -2.08. The van der Waals surface area contributed by atoms with E-state index in [9.17, 15) is 4.79 Å². The smallest absolute Gasteiger partial charge is 0.269 e. The van der Waals surface area contributed by atoms with E-state index in [0.717, 1.165) is 42.1 Å². The Labute approximate surface area is 133 Å². The van der Waals surface area contributed by atoms with Gasteiger partial charge in [-0.3, -0.25) is 9.78 Å². The van der Waals surface area contributed by atoms with Gasteiger partial charge in [-0.15, -0.1) is 11.3 Å². The van der Waals surface area contributed by atoms with Crippen LogP contribution >= 0.6 is 11.3 Å². The molecule has 0 atom stereocenters. The third-order valence-corrected chi connectivity index (χ3v) is 4.76. The number of amides is 1. The van der Waals surface area contributed by atoms with Crippen LogP contribution in [0.25, 0.3) is 0 Å². The van der Waals surface area contributed by atoms with Crippen LogP contribution in [0.4, 0.5) is 0 Å². The predicted octanol–water partition coefficient (Wildman–Crippen LogP) is 2.15. The lowest BCUT2D eigenvalue weighted by Crippen LogP contribution is -2.26. The average molecular weight is 317 g/mol. The molecule has 116 valence electrons. The number of thiazole rings is 1. The Balaban J connectivity index is 1.54. The highest BCUT2D eigenvalue weighted by Crippen LogP contribution is 2.23. The molecule has 1 aliphatic rings. The molecule has 6 heteroatoms. The standard InChI is InChI=1S/C16H19N3O2S/c1-2-11-3-6-17-13(9-11)16(20)18-7-4-15-19-12-5-8-21-10-14(12)22-15/h3,6,9H,2,4-5,7-8,10H2,1H3,(H,18,20). The Morgan fingerprint density at radius 1 is 1.50 bits per heavy atom. The Bertz CT molecular complexity index is 646. The van der Waals surface area contributed by atoms with Gasteiger partial charge in [-0.25, -0.2) is 4.98 Å². The Morgan fingerprint density at radius 3 is 3.23 bits per heavy atom. The van der Waals surface area contributed by atoms with E-state index in [1.54, 1.807) is 17.5 Å². The summed E-state index contributed by atoms with van der Waals surface area (Å²) in [6.45, 7) is 4.06. The number of aryl methyl sites for hydroxylation is 1. The molecule has 3 heterocycles. The first-order valence-electron chi connectivity index (χ1n) is 7.54. The lowest BCUT2D eigenvalue weighted by atomic mass is 10.2. The maximum Gasteiger partial charge on any atom is 0.269 e. The SMILES string of the molecule is CCc1ccnc(C(=O)NCCc2nc3c(s2)COCC3)c1. The molecule has 22 heavy (non-hydrogen) atoms. The molecule has 2 aromatic heterocycles. The summed E-state index contributed by atoms with van der Waals surface area (Å²) in [6.07, 6.45) is 4.22. The molecule has 0 saturated carbocycles. The van der Waals surface area contributed by atoms with Crippen molar-refractivity contribution in [2.24, 2.45) is 0 Å². The molecule has 1 amide bonds. The highest BCUT2D eigenvalue weighted by atomic mass is 32.1. The van der Waals surface area contributed by atoms with Crippen LogP contribution in [0.15, 0.2) is 18.3 Å². The van der Waals surface area contributed by atoms with E-state index in [0.29, 0.717) is 18.8 Å². The largest absolute Gasteiger partial charge is 0.375 e. The van der Waals surface area contributed by atoms with Gasteiger partial charge in [0.05, 0.1) is 28.8 Å². The number of aromatic nitrogens is 2. The quantitative estimate of drug-likeness (QED) is 0.918. The maximum atomic E-state index is 12.1. The molecule has 1 aliphatic heterocycles. The van der Waals surface area contributed by atoms with Gasteiger partial charge >= 0.3 is 0 Å². The second kappa shape index (κ2) is 6.98. The van der Waals surface area contributed by atoms with Gasteiger partial charge in [0.25, 0.3) is 5.91 Å². The lowest BCUT2D eigenvalue weighted by molar-refractivity contribution is 0.0949. The third-order valence-electron chi connectivity index (χ3n) is 3.63. The Kier molecular flexibility index (Phi) is 4.80. The van der Waals surface area contributed by atoms with Gasteiger partial charge in [-0.05, 0) is 24.1 Å². The van der Waals surface area contributed by atoms with Crippen molar-refractivity contribution in [3.05, 3.63) is 45.2 Å². The highest BCUT2D eigenvalue weighted by Gasteiger charge is 2.15. The maximum absolute atomic E-state index is 12.1. The van der Waals surface area contributed by atoms with Crippen LogP contribution in [0.5, 0.6) is 0 Å². The highest BCUT2D eigenvalue weighted by molar-refractivity contribution is 7.11. The number of fused-ring (bicyclic) bond motifs is 1. The van der Waals surface area contributed by atoms with E-state index in [4.69, 9.17) is 4.74 Å². The number of carbonyl (C=O) groups is 1. The summed E-state index contributed by atoms with van der Waals surface area (Å²) in [5.41, 5.74) is 2.76. The van der Waals surface area contributed by atoms with Crippen LogP contribution in [-0.4, -0.2) is 29.0 Å². The van der Waals surface area contributed by atoms with Crippen LogP contribution in [0.3, 0.4) is 0 Å². The number of ether oxygens (including phenoxy) is 1. The zero-order valence-corrected chi connectivity index (χ0v) is 13.4. The molecule has 0 unspecified atom stereocenters. The topological polar surface area (TPSA) is 64.1 Å². The molecule has 1 N–H and O–H groups in total. The summed E-state index contributed by atoms with van der Waals surface area (Å²) in [5, 5.41) is 3.97. The summed E-state index contributed by atoms with van der Waals surface area (Å²) < 4.78 is 5.42. The fourth-order valence-corrected chi connectivity index (χ4v) is 3.43. The van der Waals surface area contributed by atoms with Crippen molar-refractivity contribution in [2.75, 3.05) is 13.2 Å². The number of nitrogens with one attached hydrogen (secondary N) is 1. The van der Waals surface area contributed by atoms with Crippen LogP contribution in [0, 0.1) is 0 Å². The summed E-state index contributed by atoms with van der Waals surface area (Å²) in [6, 6.07) is 3.77. The van der Waals surface area contributed by atoms with Crippen LogP contribution in [-0.2, 0) is 30.6 Å². The molecular weight excluding hydrogens is 298 g/mol. The zero-order valence-electron chi connectivity index (χ0n) is 12.6. The van der Waals surface area contributed by atoms with Crippen molar-refractivity contribution in [1.29, 1.82) is 0 Å². The van der Waals surface area contributed by atoms with E-state index in [2.05, 4.69) is 22.2 Å². The van der Waals surface area contributed by atoms with Crippen LogP contribution < -0.4 is 5.32 Å². The third kappa shape index (κ3) is 3.51. The first-order chi connectivity index (χ1) is 10.8. The molecule has 0 aromatic carbocycles. The first kappa shape index (κ1) is 15.1. The first-order valence-corrected chi connectivity index (χ1v) is 8.36. The van der Waals surface area contributed by atoms with Gasteiger partial charge in [-0.2, -0.15) is 0 Å². The van der Waals surface area contributed by atoms with Crippen molar-refractivity contribution in [3.8, 4) is 0 Å². The van der Waals surface area contributed by atoms with E-state index in [1.165, 1.54) is 4.88 Å². The molecule has 0 saturated heterocycles. The van der Waals surface area contributed by atoms with Gasteiger partial charge in [0.1, 0.15) is 5.69 Å². The molecule has 0 bridgehead atoms. The van der Waals surface area contributed by atoms with Crippen LogP contribution in [0.1, 0.15) is 38.6 Å². The van der Waals surface area contributed by atoms with Crippen molar-refractivity contribution in [1.82, 2.24) is 15.3 Å². The molecule has 0 aliphatic carbocycles. The van der Waals surface area contributed by atoms with Crippen molar-refractivity contribution < 1.29 is 9.53 Å². The predicted molar refractivity (Wildman–Crippen MR) is 85.1 cm³/mol. The van der Waals surface area contributed by atoms with Gasteiger partial charge < -0.3 is 10.1 Å². The minimum atomic E-state index is -0.125. The summed E-state index contributed by atoms with van der Waals surface area (Å²) in [7, 11) is 0. The van der Waals surface area contributed by atoms with Crippen molar-refractivity contribution in [3.63, 3.8) is 0 Å². The van der Waals surface area contributed by atoms with E-state index in [1.807, 2.05) is 12.1 Å². The van der Waals surface area contributed by atoms with E-state index in [-0.39, 0.29) is 5.91 Å². The molecular formula is C16H19N3O2S. The molecule has 0 radical (unpaired) electrons. The average Bonchev–Trinajstić information content (AvgIpc) is 2.97. The Morgan fingerprint density at radius 2 is 2.41 bits per heavy atom. The van der Waals surface area contributed by atoms with Crippen molar-refractivity contribution in [2.45, 2.75) is 32.8 Å². The minimum Gasteiger partial charge on any atom is -0.375 e. The summed E-state index contributed by atoms with van der Waals surface area (Å²) in [4.78, 5) is 22.1. The zero-order chi connectivity index (χ0) is 15.4. The minimum absolute atomic E-state index is 0.125. The number of pyridine rings is 1. The molecule has 0 spiro atoms. The van der Waals surface area contributed by atoms with E-state index < -0.39 is 0 Å². The molecule has 3 rings (SSSR count). The van der Waals surface area contributed by atoms with Gasteiger partial charge in [-0.1, -0.05) is 6.92 Å². The number of hydrogen-bond acceptors (Lipinski definition) is 5. The number of nitrogens with zero attached hydrogens (tertiary/aromatic N) is 2. The fourth-order valence-electron chi connectivity index (χ4n) is 2.38. The monoisotopic (exact) mass is 317 g/mol. The molecule has 0 fully saturated rings. The van der Waals surface area contributed by atoms with Gasteiger partial charge in [0.15, 0.2) is 0 Å². The van der Waals surface area contributed by atoms with Gasteiger partial charge in [0, 0.05) is 25.6 Å². The van der Waals surface area contributed by atoms with Crippen molar-refractivity contribution >= 4 is 17.2 Å². The normalized spacial score (nSPS) is 13.7. The summed E-state index contributed by atoms with van der Waals surface area (Å²) in [5.74, 6) is -0.125. The molecule has 2 aromatic rings. The van der Waals surface area contributed by atoms with Crippen LogP contribution in [0.2, 0.25) is 0 Å². The molecule has 5 nitrogen and oxygen atoms in total. The summed E-state index contributed by atoms with van der Waals surface area (Å²) >= 11 is 1.69. The Hall–Kier alpha value is -1.79. The number of rotatable bonds is 5. The number of hydrogen-bond donors (Lipinski definition) is 1. The van der Waals surface area contributed by atoms with E-state index >= 15 is 0 Å². The second-order valence-corrected chi connectivity index (χ2v) is 6.36. The fraction of sp³-hybridized carbons (Fsp3) is 0.438.